The third kappa shape index (κ3) is 5.14. The number of aromatic nitrogens is 5. The van der Waals surface area contributed by atoms with Crippen LogP contribution < -0.4 is 15.0 Å². The molecule has 5 rings (SSSR count). The molecule has 2 aromatic carbocycles. The Labute approximate surface area is 230 Å². The number of nitrogens with one attached hydrogen (secondary N) is 1. The number of para-hydroxylation sites is 1. The van der Waals surface area contributed by atoms with E-state index >= 15 is 0 Å². The fourth-order valence-electron chi connectivity index (χ4n) is 4.49. The summed E-state index contributed by atoms with van der Waals surface area (Å²) >= 11 is 0. The van der Waals surface area contributed by atoms with Crippen LogP contribution >= 0.6 is 0 Å². The Morgan fingerprint density at radius 1 is 1.15 bits per heavy atom. The fraction of sp³-hybridized carbons (Fsp3) is 0.259. The van der Waals surface area contributed by atoms with E-state index in [4.69, 9.17) is 14.1 Å². The SMILES string of the molecule is COc1cc(N(C)CCN(C)C)c([N+](=O)[O-])cc1Nc1ncc(-c2nnco2)c(-c2cn(C)c3ccccc23)n1. The lowest BCUT2D eigenvalue weighted by atomic mass is 10.1. The first-order chi connectivity index (χ1) is 19.3. The maximum atomic E-state index is 12.1. The van der Waals surface area contributed by atoms with Crippen LogP contribution in [-0.2, 0) is 7.05 Å². The van der Waals surface area contributed by atoms with Crippen molar-refractivity contribution < 1.29 is 14.1 Å². The van der Waals surface area contributed by atoms with Crippen molar-refractivity contribution in [2.75, 3.05) is 51.6 Å². The second-order valence-corrected chi connectivity index (χ2v) is 9.52. The van der Waals surface area contributed by atoms with E-state index in [0.29, 0.717) is 34.9 Å². The fourth-order valence-corrected chi connectivity index (χ4v) is 4.49. The number of methoxy groups -OCH3 is 1. The van der Waals surface area contributed by atoms with Crippen molar-refractivity contribution in [3.63, 3.8) is 0 Å². The molecule has 0 aliphatic carbocycles. The van der Waals surface area contributed by atoms with Crippen LogP contribution in [0.5, 0.6) is 5.75 Å². The summed E-state index contributed by atoms with van der Waals surface area (Å²) in [6.45, 7) is 1.32. The van der Waals surface area contributed by atoms with Gasteiger partial charge in [0.15, 0.2) is 0 Å². The Bertz CT molecular complexity index is 1660. The zero-order valence-corrected chi connectivity index (χ0v) is 22.8. The number of likely N-dealkylation sites (N-methyl/N-ethyl adjacent to an activating group) is 2. The van der Waals surface area contributed by atoms with Crippen molar-refractivity contribution in [1.82, 2.24) is 29.6 Å². The van der Waals surface area contributed by atoms with Crippen LogP contribution in [0.25, 0.3) is 33.6 Å². The van der Waals surface area contributed by atoms with Crippen LogP contribution in [0.2, 0.25) is 0 Å². The average molecular weight is 544 g/mol. The summed E-state index contributed by atoms with van der Waals surface area (Å²) in [5, 5.41) is 24.0. The van der Waals surface area contributed by atoms with Gasteiger partial charge in [-0.15, -0.1) is 10.2 Å². The van der Waals surface area contributed by atoms with Gasteiger partial charge >= 0.3 is 0 Å². The molecule has 0 bridgehead atoms. The van der Waals surface area contributed by atoms with Gasteiger partial charge in [-0.05, 0) is 20.2 Å². The lowest BCUT2D eigenvalue weighted by Gasteiger charge is -2.22. The van der Waals surface area contributed by atoms with Crippen molar-refractivity contribution in [3.8, 4) is 28.5 Å². The highest BCUT2D eigenvalue weighted by molar-refractivity contribution is 5.98. The van der Waals surface area contributed by atoms with Gasteiger partial charge in [0.25, 0.3) is 11.6 Å². The predicted octanol–water partition coefficient (Wildman–Crippen LogP) is 4.34. The molecule has 13 nitrogen and oxygen atoms in total. The van der Waals surface area contributed by atoms with Gasteiger partial charge in [0.2, 0.25) is 12.3 Å². The molecule has 0 saturated carbocycles. The highest BCUT2D eigenvalue weighted by atomic mass is 16.6. The third-order valence-corrected chi connectivity index (χ3v) is 6.56. The molecule has 13 heteroatoms. The van der Waals surface area contributed by atoms with Crippen LogP contribution in [0, 0.1) is 10.1 Å². The van der Waals surface area contributed by atoms with E-state index in [1.165, 1.54) is 19.6 Å². The number of nitro groups is 1. The molecule has 5 aromatic rings. The number of anilines is 3. The largest absolute Gasteiger partial charge is 0.494 e. The average Bonchev–Trinajstić information content (AvgIpc) is 3.60. The minimum Gasteiger partial charge on any atom is -0.494 e. The van der Waals surface area contributed by atoms with Crippen molar-refractivity contribution in [1.29, 1.82) is 0 Å². The van der Waals surface area contributed by atoms with Gasteiger partial charge in [-0.1, -0.05) is 18.2 Å². The van der Waals surface area contributed by atoms with E-state index in [9.17, 15) is 10.1 Å². The molecule has 3 heterocycles. The molecule has 0 aliphatic rings. The first-order valence-corrected chi connectivity index (χ1v) is 12.4. The lowest BCUT2D eigenvalue weighted by molar-refractivity contribution is -0.384. The zero-order chi connectivity index (χ0) is 28.4. The number of nitrogens with zero attached hydrogens (tertiary/aromatic N) is 8. The van der Waals surface area contributed by atoms with Gasteiger partial charge in [-0.3, -0.25) is 10.1 Å². The number of nitro benzene ring substituents is 1. The number of rotatable bonds is 10. The van der Waals surface area contributed by atoms with Crippen molar-refractivity contribution in [2.45, 2.75) is 0 Å². The van der Waals surface area contributed by atoms with Gasteiger partial charge in [0, 0.05) is 68.2 Å². The normalized spacial score (nSPS) is 11.2. The number of aryl methyl sites for hydroxylation is 1. The predicted molar refractivity (Wildman–Crippen MR) is 152 cm³/mol. The molecule has 0 spiro atoms. The molecule has 0 radical (unpaired) electrons. The van der Waals surface area contributed by atoms with Crippen LogP contribution in [0.15, 0.2) is 59.6 Å². The van der Waals surface area contributed by atoms with Gasteiger partial charge < -0.3 is 28.8 Å². The summed E-state index contributed by atoms with van der Waals surface area (Å²) in [6.07, 6.45) is 4.81. The van der Waals surface area contributed by atoms with Crippen LogP contribution in [-0.4, -0.2) is 75.9 Å². The summed E-state index contributed by atoms with van der Waals surface area (Å²) in [4.78, 5) is 24.8. The lowest BCUT2D eigenvalue weighted by Crippen LogP contribution is -2.28. The summed E-state index contributed by atoms with van der Waals surface area (Å²) in [5.74, 6) is 0.897. The molecule has 0 aliphatic heterocycles. The third-order valence-electron chi connectivity index (χ3n) is 6.56. The molecule has 0 unspecified atom stereocenters. The summed E-state index contributed by atoms with van der Waals surface area (Å²) in [7, 11) is 9.18. The van der Waals surface area contributed by atoms with Crippen molar-refractivity contribution in [2.24, 2.45) is 7.05 Å². The highest BCUT2D eigenvalue weighted by Crippen LogP contribution is 2.40. The van der Waals surface area contributed by atoms with Gasteiger partial charge in [0.1, 0.15) is 11.4 Å². The molecule has 0 fully saturated rings. The van der Waals surface area contributed by atoms with Gasteiger partial charge in [-0.2, -0.15) is 0 Å². The molecule has 3 aromatic heterocycles. The Kier molecular flexibility index (Phi) is 7.29. The molecule has 0 amide bonds. The molecule has 0 atom stereocenters. The van der Waals surface area contributed by atoms with E-state index in [0.717, 1.165) is 23.0 Å². The Morgan fingerprint density at radius 2 is 1.95 bits per heavy atom. The minimum atomic E-state index is -0.410. The second-order valence-electron chi connectivity index (χ2n) is 9.52. The van der Waals surface area contributed by atoms with Gasteiger partial charge in [-0.25, -0.2) is 9.97 Å². The number of ether oxygens (including phenoxy) is 1. The van der Waals surface area contributed by atoms with Crippen LogP contribution in [0.3, 0.4) is 0 Å². The number of fused-ring (bicyclic) bond motifs is 1. The smallest absolute Gasteiger partial charge is 0.294 e. The standard InChI is InChI=1S/C27H29N9O4/c1-33(2)10-11-34(3)22-13-24(39-5)20(12-23(22)36(37)38)30-27-28-14-18(26-32-29-16-40-26)25(31-27)19-15-35(4)21-9-7-6-8-17(19)21/h6-9,12-16H,10-11H2,1-5H3,(H,28,30,31). The zero-order valence-electron chi connectivity index (χ0n) is 22.8. The van der Waals surface area contributed by atoms with E-state index in [1.807, 2.05) is 73.0 Å². The molecule has 40 heavy (non-hydrogen) atoms. The quantitative estimate of drug-likeness (QED) is 0.199. The Balaban J connectivity index is 1.59. The first kappa shape index (κ1) is 26.6. The van der Waals surface area contributed by atoms with Crippen molar-refractivity contribution in [3.05, 3.63) is 65.3 Å². The number of benzene rings is 2. The molecule has 206 valence electrons. The van der Waals surface area contributed by atoms with E-state index in [1.54, 1.807) is 12.3 Å². The van der Waals surface area contributed by atoms with E-state index in [-0.39, 0.29) is 17.5 Å². The van der Waals surface area contributed by atoms with E-state index < -0.39 is 4.92 Å². The van der Waals surface area contributed by atoms with E-state index in [2.05, 4.69) is 20.5 Å². The Morgan fingerprint density at radius 3 is 2.65 bits per heavy atom. The molecular formula is C27H29N9O4. The maximum absolute atomic E-state index is 12.1. The Hall–Kier alpha value is -5.04. The maximum Gasteiger partial charge on any atom is 0.294 e. The van der Waals surface area contributed by atoms with Gasteiger partial charge in [0.05, 0.1) is 29.0 Å². The monoisotopic (exact) mass is 543 g/mol. The van der Waals surface area contributed by atoms with Crippen molar-refractivity contribution >= 4 is 33.9 Å². The summed E-state index contributed by atoms with van der Waals surface area (Å²) < 4.78 is 13.1. The number of hydrogen-bond donors (Lipinski definition) is 1. The summed E-state index contributed by atoms with van der Waals surface area (Å²) in [6, 6.07) is 11.0. The highest BCUT2D eigenvalue weighted by Gasteiger charge is 2.24. The van der Waals surface area contributed by atoms with Crippen LogP contribution in [0.1, 0.15) is 0 Å². The first-order valence-electron chi connectivity index (χ1n) is 12.4. The number of hydrogen-bond acceptors (Lipinski definition) is 11. The summed E-state index contributed by atoms with van der Waals surface area (Å²) in [5.41, 5.74) is 3.70. The minimum absolute atomic E-state index is 0.0682. The molecule has 0 saturated heterocycles. The van der Waals surface area contributed by atoms with Crippen LogP contribution in [0.4, 0.5) is 23.0 Å². The second kappa shape index (κ2) is 11.0. The topological polar surface area (TPSA) is 141 Å². The molecular weight excluding hydrogens is 514 g/mol. The molecule has 1 N–H and O–H groups in total.